The molecule has 3 rings (SSSR count). The lowest BCUT2D eigenvalue weighted by atomic mass is 10.2. The minimum absolute atomic E-state index is 0.854. The molecule has 1 N–H and O–H groups in total. The Kier molecular flexibility index (Phi) is 3.05. The summed E-state index contributed by atoms with van der Waals surface area (Å²) in [6.07, 6.45) is 1.63. The van der Waals surface area contributed by atoms with Gasteiger partial charge in [0, 0.05) is 11.1 Å². The second kappa shape index (κ2) is 4.85. The Morgan fingerprint density at radius 1 is 1.26 bits per heavy atom. The van der Waals surface area contributed by atoms with E-state index in [1.807, 2.05) is 24.4 Å². The topological polar surface area (TPSA) is 51.0 Å². The van der Waals surface area contributed by atoms with Gasteiger partial charge in [0.15, 0.2) is 5.13 Å². The fourth-order valence-corrected chi connectivity index (χ4v) is 2.57. The quantitative estimate of drug-likeness (QED) is 0.777. The van der Waals surface area contributed by atoms with Crippen molar-refractivity contribution in [3.63, 3.8) is 0 Å². The van der Waals surface area contributed by atoms with E-state index >= 15 is 0 Å². The van der Waals surface area contributed by atoms with Crippen LogP contribution in [0.25, 0.3) is 11.3 Å². The molecule has 5 heteroatoms. The molecule has 4 nitrogen and oxygen atoms in total. The van der Waals surface area contributed by atoms with Crippen LogP contribution in [0.2, 0.25) is 0 Å². The van der Waals surface area contributed by atoms with Crippen LogP contribution in [-0.4, -0.2) is 10.1 Å². The third-order valence-electron chi connectivity index (χ3n) is 2.80. The van der Waals surface area contributed by atoms with Crippen molar-refractivity contribution in [3.05, 3.63) is 47.2 Å². The number of hydrogen-bond acceptors (Lipinski definition) is 5. The van der Waals surface area contributed by atoms with Crippen molar-refractivity contribution in [3.8, 4) is 11.3 Å². The summed E-state index contributed by atoms with van der Waals surface area (Å²) < 4.78 is 4.94. The van der Waals surface area contributed by atoms with Gasteiger partial charge in [0.2, 0.25) is 0 Å². The number of anilines is 2. The van der Waals surface area contributed by atoms with Crippen molar-refractivity contribution >= 4 is 22.2 Å². The number of rotatable bonds is 3. The highest BCUT2D eigenvalue weighted by molar-refractivity contribution is 7.14. The largest absolute Gasteiger partial charge is 0.364 e. The van der Waals surface area contributed by atoms with E-state index in [2.05, 4.69) is 34.5 Å². The van der Waals surface area contributed by atoms with Gasteiger partial charge in [-0.05, 0) is 31.5 Å². The number of thiazole rings is 1. The van der Waals surface area contributed by atoms with Crippen LogP contribution in [0.4, 0.5) is 10.8 Å². The summed E-state index contributed by atoms with van der Waals surface area (Å²) in [5, 5.41) is 10.0. The molecule has 1 aromatic carbocycles. The Hall–Kier alpha value is -2.14. The zero-order valence-corrected chi connectivity index (χ0v) is 11.5. The molecule has 0 aliphatic rings. The van der Waals surface area contributed by atoms with E-state index in [0.29, 0.717) is 0 Å². The summed E-state index contributed by atoms with van der Waals surface area (Å²) in [5.41, 5.74) is 4.94. The van der Waals surface area contributed by atoms with Gasteiger partial charge in [-0.2, -0.15) is 0 Å². The van der Waals surface area contributed by atoms with Crippen molar-refractivity contribution < 1.29 is 4.52 Å². The maximum absolute atomic E-state index is 4.94. The molecular formula is C14H13N3OS. The van der Waals surface area contributed by atoms with Gasteiger partial charge in [-0.3, -0.25) is 0 Å². The van der Waals surface area contributed by atoms with Gasteiger partial charge in [0.25, 0.3) is 0 Å². The third kappa shape index (κ3) is 2.51. The van der Waals surface area contributed by atoms with Crippen LogP contribution >= 0.6 is 11.3 Å². The Bertz CT molecular complexity index is 702. The van der Waals surface area contributed by atoms with Crippen molar-refractivity contribution in [2.45, 2.75) is 13.8 Å². The second-order valence-corrected chi connectivity index (χ2v) is 5.20. The van der Waals surface area contributed by atoms with Crippen LogP contribution in [0.15, 0.2) is 40.4 Å². The molecule has 0 amide bonds. The van der Waals surface area contributed by atoms with E-state index in [1.54, 1.807) is 17.6 Å². The number of nitrogens with one attached hydrogen (secondary N) is 1. The number of benzene rings is 1. The van der Waals surface area contributed by atoms with Crippen LogP contribution in [0.1, 0.15) is 11.3 Å². The maximum atomic E-state index is 4.94. The van der Waals surface area contributed by atoms with Crippen molar-refractivity contribution in [2.24, 2.45) is 0 Å². The highest BCUT2D eigenvalue weighted by Gasteiger charge is 2.10. The Morgan fingerprint density at radius 2 is 2.16 bits per heavy atom. The highest BCUT2D eigenvalue weighted by atomic mass is 32.1. The van der Waals surface area contributed by atoms with Crippen molar-refractivity contribution in [2.75, 3.05) is 5.32 Å². The fourth-order valence-electron chi connectivity index (χ4n) is 1.84. The average molecular weight is 271 g/mol. The molecule has 0 saturated heterocycles. The van der Waals surface area contributed by atoms with E-state index in [0.717, 1.165) is 27.8 Å². The first-order valence-corrected chi connectivity index (χ1v) is 6.81. The first kappa shape index (κ1) is 11.9. The number of nitrogens with zero attached hydrogens (tertiary/aromatic N) is 2. The SMILES string of the molecule is Cc1cccc(Nc2nc(-c3conc3C)cs2)c1. The number of aryl methyl sites for hydroxylation is 2. The Labute approximate surface area is 115 Å². The Balaban J connectivity index is 1.84. The normalized spacial score (nSPS) is 10.6. The molecule has 19 heavy (non-hydrogen) atoms. The molecule has 0 radical (unpaired) electrons. The van der Waals surface area contributed by atoms with Gasteiger partial charge < -0.3 is 9.84 Å². The average Bonchev–Trinajstić information content (AvgIpc) is 2.98. The van der Waals surface area contributed by atoms with Gasteiger partial charge in [-0.25, -0.2) is 4.98 Å². The van der Waals surface area contributed by atoms with Crippen molar-refractivity contribution in [1.29, 1.82) is 0 Å². The molecule has 0 fully saturated rings. The smallest absolute Gasteiger partial charge is 0.187 e. The molecule has 2 heterocycles. The van der Waals surface area contributed by atoms with Gasteiger partial charge >= 0.3 is 0 Å². The lowest BCUT2D eigenvalue weighted by Gasteiger charge is -2.02. The van der Waals surface area contributed by atoms with Crippen LogP contribution in [0.3, 0.4) is 0 Å². The lowest BCUT2D eigenvalue weighted by molar-refractivity contribution is 0.415. The molecule has 96 valence electrons. The first-order valence-electron chi connectivity index (χ1n) is 5.93. The molecule has 0 bridgehead atoms. The molecular weight excluding hydrogens is 258 g/mol. The van der Waals surface area contributed by atoms with E-state index in [-0.39, 0.29) is 0 Å². The zero-order chi connectivity index (χ0) is 13.2. The van der Waals surface area contributed by atoms with Gasteiger partial charge in [0.05, 0.1) is 17.0 Å². The summed E-state index contributed by atoms with van der Waals surface area (Å²) >= 11 is 1.57. The zero-order valence-electron chi connectivity index (χ0n) is 10.7. The summed E-state index contributed by atoms with van der Waals surface area (Å²) in [6.45, 7) is 3.98. The molecule has 0 unspecified atom stereocenters. The summed E-state index contributed by atoms with van der Waals surface area (Å²) in [7, 11) is 0. The summed E-state index contributed by atoms with van der Waals surface area (Å²) in [6, 6.07) is 8.21. The maximum Gasteiger partial charge on any atom is 0.187 e. The van der Waals surface area contributed by atoms with Crippen LogP contribution in [-0.2, 0) is 0 Å². The first-order chi connectivity index (χ1) is 9.22. The monoisotopic (exact) mass is 271 g/mol. The van der Waals surface area contributed by atoms with Gasteiger partial charge in [0.1, 0.15) is 6.26 Å². The van der Waals surface area contributed by atoms with Gasteiger partial charge in [-0.15, -0.1) is 11.3 Å². The molecule has 0 atom stereocenters. The molecule has 0 aliphatic heterocycles. The number of aromatic nitrogens is 2. The second-order valence-electron chi connectivity index (χ2n) is 4.35. The Morgan fingerprint density at radius 3 is 2.89 bits per heavy atom. The highest BCUT2D eigenvalue weighted by Crippen LogP contribution is 2.28. The lowest BCUT2D eigenvalue weighted by Crippen LogP contribution is -1.90. The predicted molar refractivity (Wildman–Crippen MR) is 76.8 cm³/mol. The van der Waals surface area contributed by atoms with Crippen LogP contribution in [0, 0.1) is 13.8 Å². The van der Waals surface area contributed by atoms with Gasteiger partial charge in [-0.1, -0.05) is 17.3 Å². The van der Waals surface area contributed by atoms with Crippen LogP contribution < -0.4 is 5.32 Å². The minimum atomic E-state index is 0.854. The fraction of sp³-hybridized carbons (Fsp3) is 0.143. The van der Waals surface area contributed by atoms with E-state index in [4.69, 9.17) is 4.52 Å². The van der Waals surface area contributed by atoms with Crippen LogP contribution in [0.5, 0.6) is 0 Å². The molecule has 3 aromatic rings. The predicted octanol–water partition coefficient (Wildman–Crippen LogP) is 4.16. The third-order valence-corrected chi connectivity index (χ3v) is 3.56. The van der Waals surface area contributed by atoms with E-state index in [9.17, 15) is 0 Å². The molecule has 0 spiro atoms. The van der Waals surface area contributed by atoms with E-state index in [1.165, 1.54) is 5.56 Å². The number of hydrogen-bond donors (Lipinski definition) is 1. The molecule has 0 saturated carbocycles. The molecule has 2 aromatic heterocycles. The standard InChI is InChI=1S/C14H13N3OS/c1-9-4-3-5-11(6-9)15-14-16-13(8-19-14)12-7-18-17-10(12)2/h3-8H,1-2H3,(H,15,16). The minimum Gasteiger partial charge on any atom is -0.364 e. The summed E-state index contributed by atoms with van der Waals surface area (Å²) in [5.74, 6) is 0. The van der Waals surface area contributed by atoms with Crippen molar-refractivity contribution in [1.82, 2.24) is 10.1 Å². The van der Waals surface area contributed by atoms with E-state index < -0.39 is 0 Å². The summed E-state index contributed by atoms with van der Waals surface area (Å²) in [4.78, 5) is 4.55. The molecule has 0 aliphatic carbocycles.